The van der Waals surface area contributed by atoms with E-state index >= 15 is 0 Å². The second kappa shape index (κ2) is 7.78. The highest BCUT2D eigenvalue weighted by Gasteiger charge is 2.17. The van der Waals surface area contributed by atoms with Gasteiger partial charge in [-0.3, -0.25) is 4.79 Å². The lowest BCUT2D eigenvalue weighted by molar-refractivity contribution is -0.116. The van der Waals surface area contributed by atoms with Gasteiger partial charge in [0.15, 0.2) is 11.5 Å². The Kier molecular flexibility index (Phi) is 5.05. The molecule has 1 amide bonds. The number of piperidine rings is 1. The van der Waals surface area contributed by atoms with Crippen molar-refractivity contribution in [2.24, 2.45) is 0 Å². The summed E-state index contributed by atoms with van der Waals surface area (Å²) >= 11 is 0. The number of rotatable bonds is 5. The Bertz CT molecular complexity index is 801. The Morgan fingerprint density at radius 1 is 0.963 bits per heavy atom. The Morgan fingerprint density at radius 3 is 2.44 bits per heavy atom. The maximum absolute atomic E-state index is 12.5. The van der Waals surface area contributed by atoms with E-state index in [1.807, 2.05) is 25.1 Å². The minimum atomic E-state index is -0.365. The Labute approximate surface area is 159 Å². The zero-order valence-electron chi connectivity index (χ0n) is 15.5. The second-order valence-electron chi connectivity index (χ2n) is 7.02. The monoisotopic (exact) mass is 367 g/mol. The zero-order chi connectivity index (χ0) is 18.6. The number of anilines is 3. The molecule has 0 aromatic heterocycles. The SMILES string of the molecule is C[C@@H](Nc1ccc(N2CCCCC2)cc1)C(=O)Nc1ccc2c(c1)OCO2. The molecular weight excluding hydrogens is 342 g/mol. The van der Waals surface area contributed by atoms with Crippen molar-refractivity contribution in [2.75, 3.05) is 35.4 Å². The van der Waals surface area contributed by atoms with E-state index in [1.165, 1.54) is 24.9 Å². The standard InChI is InChI=1S/C21H25N3O3/c1-15(21(25)23-17-7-10-19-20(13-17)27-14-26-19)22-16-5-8-18(9-6-16)24-11-3-2-4-12-24/h5-10,13,15,22H,2-4,11-12,14H2,1H3,(H,23,25)/t15-/m1/s1. The molecule has 2 aliphatic rings. The first-order valence-electron chi connectivity index (χ1n) is 9.51. The number of carbonyl (C=O) groups excluding carboxylic acids is 1. The van der Waals surface area contributed by atoms with Gasteiger partial charge in [0.2, 0.25) is 12.7 Å². The van der Waals surface area contributed by atoms with Crippen molar-refractivity contribution in [1.82, 2.24) is 0 Å². The molecule has 27 heavy (non-hydrogen) atoms. The molecule has 0 bridgehead atoms. The predicted molar refractivity (Wildman–Crippen MR) is 107 cm³/mol. The van der Waals surface area contributed by atoms with Crippen molar-refractivity contribution in [3.05, 3.63) is 42.5 Å². The van der Waals surface area contributed by atoms with Crippen LogP contribution in [0.5, 0.6) is 11.5 Å². The summed E-state index contributed by atoms with van der Waals surface area (Å²) in [5.74, 6) is 1.25. The number of fused-ring (bicyclic) bond motifs is 1. The fourth-order valence-electron chi connectivity index (χ4n) is 3.46. The molecule has 4 rings (SSSR count). The van der Waals surface area contributed by atoms with Crippen LogP contribution in [0.15, 0.2) is 42.5 Å². The third-order valence-corrected chi connectivity index (χ3v) is 5.01. The van der Waals surface area contributed by atoms with Crippen LogP contribution in [0.2, 0.25) is 0 Å². The molecule has 2 heterocycles. The van der Waals surface area contributed by atoms with Gasteiger partial charge in [0.05, 0.1) is 0 Å². The van der Waals surface area contributed by atoms with Crippen LogP contribution in [0, 0.1) is 0 Å². The first-order chi connectivity index (χ1) is 13.2. The van der Waals surface area contributed by atoms with Crippen LogP contribution in [0.1, 0.15) is 26.2 Å². The van der Waals surface area contributed by atoms with Gasteiger partial charge in [-0.2, -0.15) is 0 Å². The highest BCUT2D eigenvalue weighted by molar-refractivity contribution is 5.96. The van der Waals surface area contributed by atoms with E-state index < -0.39 is 0 Å². The molecule has 6 nitrogen and oxygen atoms in total. The van der Waals surface area contributed by atoms with Crippen LogP contribution in [-0.4, -0.2) is 31.8 Å². The summed E-state index contributed by atoms with van der Waals surface area (Å²) in [6, 6.07) is 13.3. The van der Waals surface area contributed by atoms with E-state index in [4.69, 9.17) is 9.47 Å². The van der Waals surface area contributed by atoms with E-state index in [0.717, 1.165) is 18.8 Å². The fraction of sp³-hybridized carbons (Fsp3) is 0.381. The smallest absolute Gasteiger partial charge is 0.246 e. The molecule has 0 aliphatic carbocycles. The molecule has 2 aliphatic heterocycles. The molecule has 0 unspecified atom stereocenters. The topological polar surface area (TPSA) is 62.8 Å². The summed E-state index contributed by atoms with van der Waals surface area (Å²) in [5, 5.41) is 6.17. The minimum absolute atomic E-state index is 0.103. The summed E-state index contributed by atoms with van der Waals surface area (Å²) in [6.45, 7) is 4.32. The van der Waals surface area contributed by atoms with Crippen molar-refractivity contribution in [3.63, 3.8) is 0 Å². The lowest BCUT2D eigenvalue weighted by Crippen LogP contribution is -2.32. The number of amides is 1. The lowest BCUT2D eigenvalue weighted by atomic mass is 10.1. The van der Waals surface area contributed by atoms with E-state index in [1.54, 1.807) is 12.1 Å². The first-order valence-corrected chi connectivity index (χ1v) is 9.51. The van der Waals surface area contributed by atoms with Gasteiger partial charge < -0.3 is 25.0 Å². The third-order valence-electron chi connectivity index (χ3n) is 5.01. The average molecular weight is 367 g/mol. The highest BCUT2D eigenvalue weighted by atomic mass is 16.7. The van der Waals surface area contributed by atoms with Crippen LogP contribution >= 0.6 is 0 Å². The van der Waals surface area contributed by atoms with Crippen molar-refractivity contribution in [1.29, 1.82) is 0 Å². The number of nitrogens with zero attached hydrogens (tertiary/aromatic N) is 1. The van der Waals surface area contributed by atoms with Crippen LogP contribution in [0.25, 0.3) is 0 Å². The van der Waals surface area contributed by atoms with E-state index in [2.05, 4.69) is 27.7 Å². The molecule has 2 aromatic carbocycles. The molecule has 1 saturated heterocycles. The Morgan fingerprint density at radius 2 is 1.67 bits per heavy atom. The van der Waals surface area contributed by atoms with Gasteiger partial charge >= 0.3 is 0 Å². The van der Waals surface area contributed by atoms with Crippen molar-refractivity contribution in [3.8, 4) is 11.5 Å². The van der Waals surface area contributed by atoms with E-state index in [0.29, 0.717) is 17.2 Å². The summed E-state index contributed by atoms with van der Waals surface area (Å²) in [5.41, 5.74) is 2.88. The number of hydrogen-bond acceptors (Lipinski definition) is 5. The van der Waals surface area contributed by atoms with Gasteiger partial charge in [-0.1, -0.05) is 0 Å². The predicted octanol–water partition coefficient (Wildman–Crippen LogP) is 3.84. The largest absolute Gasteiger partial charge is 0.454 e. The number of carbonyl (C=O) groups is 1. The van der Waals surface area contributed by atoms with Gasteiger partial charge in [-0.05, 0) is 62.6 Å². The van der Waals surface area contributed by atoms with Crippen LogP contribution in [-0.2, 0) is 4.79 Å². The van der Waals surface area contributed by atoms with Gasteiger partial charge in [0.1, 0.15) is 6.04 Å². The Hall–Kier alpha value is -2.89. The van der Waals surface area contributed by atoms with Crippen molar-refractivity contribution < 1.29 is 14.3 Å². The maximum Gasteiger partial charge on any atom is 0.246 e. The maximum atomic E-state index is 12.5. The highest BCUT2D eigenvalue weighted by Crippen LogP contribution is 2.34. The summed E-state index contributed by atoms with van der Waals surface area (Å²) < 4.78 is 10.6. The lowest BCUT2D eigenvalue weighted by Gasteiger charge is -2.29. The molecule has 6 heteroatoms. The molecule has 2 aromatic rings. The van der Waals surface area contributed by atoms with E-state index in [9.17, 15) is 4.79 Å². The molecular formula is C21H25N3O3. The van der Waals surface area contributed by atoms with Gasteiger partial charge in [-0.15, -0.1) is 0 Å². The van der Waals surface area contributed by atoms with Crippen molar-refractivity contribution in [2.45, 2.75) is 32.2 Å². The van der Waals surface area contributed by atoms with Gasteiger partial charge in [-0.25, -0.2) is 0 Å². The molecule has 0 saturated carbocycles. The van der Waals surface area contributed by atoms with Gasteiger partial charge in [0.25, 0.3) is 0 Å². The van der Waals surface area contributed by atoms with Crippen LogP contribution in [0.3, 0.4) is 0 Å². The summed E-state index contributed by atoms with van der Waals surface area (Å²) in [7, 11) is 0. The first kappa shape index (κ1) is 17.5. The quantitative estimate of drug-likeness (QED) is 0.841. The molecule has 1 atom stereocenters. The average Bonchev–Trinajstić information content (AvgIpc) is 3.17. The molecule has 1 fully saturated rings. The third kappa shape index (κ3) is 4.10. The molecule has 142 valence electrons. The summed E-state index contributed by atoms with van der Waals surface area (Å²) in [4.78, 5) is 14.9. The summed E-state index contributed by atoms with van der Waals surface area (Å²) in [6.07, 6.45) is 3.85. The van der Waals surface area contributed by atoms with Crippen LogP contribution in [0.4, 0.5) is 17.1 Å². The fourth-order valence-corrected chi connectivity index (χ4v) is 3.46. The Balaban J connectivity index is 1.34. The van der Waals surface area contributed by atoms with Gasteiger partial charge in [0, 0.05) is 36.2 Å². The zero-order valence-corrected chi connectivity index (χ0v) is 15.5. The minimum Gasteiger partial charge on any atom is -0.454 e. The number of benzene rings is 2. The number of nitrogens with one attached hydrogen (secondary N) is 2. The van der Waals surface area contributed by atoms with Crippen LogP contribution < -0.4 is 25.0 Å². The normalized spacial score (nSPS) is 16.7. The molecule has 0 radical (unpaired) electrons. The molecule has 0 spiro atoms. The van der Waals surface area contributed by atoms with Crippen molar-refractivity contribution >= 4 is 23.0 Å². The second-order valence-corrected chi connectivity index (χ2v) is 7.02. The molecule has 2 N–H and O–H groups in total. The number of hydrogen-bond donors (Lipinski definition) is 2. The van der Waals surface area contributed by atoms with E-state index in [-0.39, 0.29) is 18.7 Å². The number of ether oxygens (including phenoxy) is 2.